The number of unbranched alkanes of at least 4 members (excludes halogenated alkanes) is 11. The van der Waals surface area contributed by atoms with Gasteiger partial charge in [-0.25, -0.2) is 13.4 Å². The second-order valence-corrected chi connectivity index (χ2v) is 12.7. The first-order valence-corrected chi connectivity index (χ1v) is 15.5. The van der Waals surface area contributed by atoms with E-state index in [0.717, 1.165) is 33.7 Å². The molecule has 1 amide bonds. The first kappa shape index (κ1) is 27.1. The molecule has 0 spiro atoms. The number of sulfonamides is 1. The molecule has 0 bridgehead atoms. The van der Waals surface area contributed by atoms with E-state index in [2.05, 4.69) is 16.6 Å². The van der Waals surface area contributed by atoms with Crippen molar-refractivity contribution in [3.05, 3.63) is 24.3 Å². The first-order valence-electron chi connectivity index (χ1n) is 11.9. The molecular weight excluding hydrogens is 460 g/mol. The molecule has 1 N–H and O–H groups in total. The number of nitrogens with zero attached hydrogens (tertiary/aromatic N) is 1. The van der Waals surface area contributed by atoms with Crippen LogP contribution in [0.25, 0.3) is 10.2 Å². The van der Waals surface area contributed by atoms with E-state index in [0.29, 0.717) is 6.42 Å². The van der Waals surface area contributed by atoms with Crippen molar-refractivity contribution in [2.24, 2.45) is 0 Å². The highest BCUT2D eigenvalue weighted by Gasteiger charge is 2.23. The lowest BCUT2D eigenvalue weighted by atomic mass is 10.0. The first-order chi connectivity index (χ1) is 15.4. The highest BCUT2D eigenvalue weighted by Crippen LogP contribution is 2.34. The molecule has 0 saturated heterocycles. The predicted octanol–water partition coefficient (Wildman–Crippen LogP) is 6.92. The summed E-state index contributed by atoms with van der Waals surface area (Å²) < 4.78 is 27.2. The lowest BCUT2D eigenvalue weighted by Gasteiger charge is -2.14. The van der Waals surface area contributed by atoms with E-state index in [1.807, 2.05) is 24.3 Å². The summed E-state index contributed by atoms with van der Waals surface area (Å²) in [6.07, 6.45) is 16.8. The summed E-state index contributed by atoms with van der Waals surface area (Å²) in [4.78, 5) is 17.2. The molecule has 1 aromatic carbocycles. The van der Waals surface area contributed by atoms with Gasteiger partial charge in [0.05, 0.1) is 21.7 Å². The Labute approximate surface area is 202 Å². The standard InChI is InChI=1S/C24H38N2O3S3/c1-3-4-5-6-7-8-9-10-11-12-13-14-19-22(23(27)26-32(2,28)29)31-24-25-20-17-15-16-18-21(20)30-24/h15-18,22H,3-14,19H2,1-2H3,(H,26,27). The number of thioether (sulfide) groups is 1. The number of fused-ring (bicyclic) bond motifs is 1. The molecule has 0 aliphatic heterocycles. The fourth-order valence-corrected chi connectivity index (χ4v) is 6.62. The van der Waals surface area contributed by atoms with Crippen LogP contribution in [0, 0.1) is 0 Å². The monoisotopic (exact) mass is 498 g/mol. The Bertz CT molecular complexity index is 879. The van der Waals surface area contributed by atoms with E-state index < -0.39 is 21.2 Å². The van der Waals surface area contributed by atoms with Crippen molar-refractivity contribution >= 4 is 49.2 Å². The highest BCUT2D eigenvalue weighted by atomic mass is 32.2. The van der Waals surface area contributed by atoms with E-state index in [4.69, 9.17) is 0 Å². The van der Waals surface area contributed by atoms with Crippen molar-refractivity contribution < 1.29 is 13.2 Å². The maximum absolute atomic E-state index is 12.6. The van der Waals surface area contributed by atoms with Crippen LogP contribution in [0.2, 0.25) is 0 Å². The third kappa shape index (κ3) is 11.1. The van der Waals surface area contributed by atoms with E-state index >= 15 is 0 Å². The maximum Gasteiger partial charge on any atom is 0.246 e. The molecule has 0 aliphatic carbocycles. The second-order valence-electron chi connectivity index (χ2n) is 8.47. The number of hydrogen-bond acceptors (Lipinski definition) is 6. The van der Waals surface area contributed by atoms with Gasteiger partial charge in [-0.3, -0.25) is 9.52 Å². The van der Waals surface area contributed by atoms with Gasteiger partial charge < -0.3 is 0 Å². The Morgan fingerprint density at radius 2 is 1.53 bits per heavy atom. The minimum Gasteiger partial charge on any atom is -0.273 e. The largest absolute Gasteiger partial charge is 0.273 e. The van der Waals surface area contributed by atoms with Gasteiger partial charge in [0.1, 0.15) is 0 Å². The fraction of sp³-hybridized carbons (Fsp3) is 0.667. The number of para-hydroxylation sites is 1. The quantitative estimate of drug-likeness (QED) is 0.189. The number of amides is 1. The van der Waals surface area contributed by atoms with Crippen LogP contribution in [-0.4, -0.2) is 30.8 Å². The van der Waals surface area contributed by atoms with E-state index in [-0.39, 0.29) is 0 Å². The SMILES string of the molecule is CCCCCCCCCCCCCCC(Sc1nc2ccccc2s1)C(=O)NS(C)(=O)=O. The number of rotatable bonds is 17. The van der Waals surface area contributed by atoms with Gasteiger partial charge in [0.2, 0.25) is 15.9 Å². The molecule has 0 saturated carbocycles. The summed E-state index contributed by atoms with van der Waals surface area (Å²) >= 11 is 2.92. The van der Waals surface area contributed by atoms with Crippen molar-refractivity contribution in [3.63, 3.8) is 0 Å². The van der Waals surface area contributed by atoms with Gasteiger partial charge in [0.25, 0.3) is 0 Å². The number of hydrogen-bond donors (Lipinski definition) is 1. The molecule has 1 heterocycles. The number of nitrogens with one attached hydrogen (secondary N) is 1. The van der Waals surface area contributed by atoms with Crippen LogP contribution in [0.5, 0.6) is 0 Å². The lowest BCUT2D eigenvalue weighted by molar-refractivity contribution is -0.118. The fourth-order valence-electron chi connectivity index (χ4n) is 3.69. The molecule has 2 aromatic rings. The van der Waals surface area contributed by atoms with E-state index in [9.17, 15) is 13.2 Å². The van der Waals surface area contributed by atoms with Gasteiger partial charge in [0, 0.05) is 0 Å². The molecular formula is C24H38N2O3S3. The number of carbonyl (C=O) groups is 1. The molecule has 0 radical (unpaired) electrons. The number of benzene rings is 1. The Hall–Kier alpha value is -1.12. The molecule has 8 heteroatoms. The third-order valence-electron chi connectivity index (χ3n) is 5.42. The zero-order valence-corrected chi connectivity index (χ0v) is 21.9. The Kier molecular flexibility index (Phi) is 12.6. The van der Waals surface area contributed by atoms with Gasteiger partial charge >= 0.3 is 0 Å². The van der Waals surface area contributed by atoms with Crippen LogP contribution in [-0.2, 0) is 14.8 Å². The van der Waals surface area contributed by atoms with Crippen LogP contribution in [0.3, 0.4) is 0 Å². The van der Waals surface area contributed by atoms with Gasteiger partial charge in [-0.1, -0.05) is 108 Å². The van der Waals surface area contributed by atoms with Crippen LogP contribution in [0.4, 0.5) is 0 Å². The lowest BCUT2D eigenvalue weighted by Crippen LogP contribution is -2.36. The van der Waals surface area contributed by atoms with Gasteiger partial charge in [0.15, 0.2) is 4.34 Å². The average molecular weight is 499 g/mol. The van der Waals surface area contributed by atoms with Crippen molar-refractivity contribution in [2.75, 3.05) is 6.26 Å². The summed E-state index contributed by atoms with van der Waals surface area (Å²) in [7, 11) is -3.57. The van der Waals surface area contributed by atoms with Gasteiger partial charge in [-0.15, -0.1) is 11.3 Å². The molecule has 32 heavy (non-hydrogen) atoms. The molecule has 5 nitrogen and oxygen atoms in total. The van der Waals surface area contributed by atoms with E-state index in [1.165, 1.54) is 76.0 Å². The predicted molar refractivity (Wildman–Crippen MR) is 138 cm³/mol. The van der Waals surface area contributed by atoms with Crippen molar-refractivity contribution in [1.29, 1.82) is 0 Å². The summed E-state index contributed by atoms with van der Waals surface area (Å²) in [5.41, 5.74) is 0.910. The minimum atomic E-state index is -3.57. The van der Waals surface area contributed by atoms with Crippen LogP contribution in [0.1, 0.15) is 90.4 Å². The maximum atomic E-state index is 12.6. The molecule has 1 unspecified atom stereocenters. The molecule has 0 fully saturated rings. The molecule has 180 valence electrons. The number of thiazole rings is 1. The minimum absolute atomic E-state index is 0.445. The zero-order valence-electron chi connectivity index (χ0n) is 19.5. The summed E-state index contributed by atoms with van der Waals surface area (Å²) in [6, 6.07) is 7.87. The summed E-state index contributed by atoms with van der Waals surface area (Å²) in [5.74, 6) is -0.445. The Balaban J connectivity index is 1.72. The van der Waals surface area contributed by atoms with E-state index in [1.54, 1.807) is 11.3 Å². The van der Waals surface area contributed by atoms with Crippen LogP contribution >= 0.6 is 23.1 Å². The topological polar surface area (TPSA) is 76.1 Å². The van der Waals surface area contributed by atoms with Crippen LogP contribution < -0.4 is 4.72 Å². The number of carbonyl (C=O) groups excluding carboxylic acids is 1. The highest BCUT2D eigenvalue weighted by molar-refractivity contribution is 8.02. The second kappa shape index (κ2) is 14.9. The van der Waals surface area contributed by atoms with Gasteiger partial charge in [-0.2, -0.15) is 0 Å². The van der Waals surface area contributed by atoms with Gasteiger partial charge in [-0.05, 0) is 18.6 Å². The van der Waals surface area contributed by atoms with Crippen molar-refractivity contribution in [2.45, 2.75) is 100.0 Å². The van der Waals surface area contributed by atoms with Crippen molar-refractivity contribution in [1.82, 2.24) is 9.71 Å². The van der Waals surface area contributed by atoms with Crippen molar-refractivity contribution in [3.8, 4) is 0 Å². The smallest absolute Gasteiger partial charge is 0.246 e. The molecule has 2 rings (SSSR count). The normalized spacial score (nSPS) is 12.8. The Morgan fingerprint density at radius 3 is 2.09 bits per heavy atom. The molecule has 0 aliphatic rings. The third-order valence-corrected chi connectivity index (χ3v) is 8.38. The van der Waals surface area contributed by atoms with Crippen LogP contribution in [0.15, 0.2) is 28.6 Å². The Morgan fingerprint density at radius 1 is 0.969 bits per heavy atom. The molecule has 1 aromatic heterocycles. The average Bonchev–Trinajstić information content (AvgIpc) is 3.15. The number of aromatic nitrogens is 1. The summed E-state index contributed by atoms with van der Waals surface area (Å²) in [6.45, 7) is 2.25. The molecule has 1 atom stereocenters. The summed E-state index contributed by atoms with van der Waals surface area (Å²) in [5, 5.41) is -0.451. The zero-order chi connectivity index (χ0) is 23.2.